The smallest absolute Gasteiger partial charge is 0.243 e. The molecular formula is C14H15N3O2. The van der Waals surface area contributed by atoms with Gasteiger partial charge in [-0.15, -0.1) is 0 Å². The van der Waals surface area contributed by atoms with Gasteiger partial charge in [0.25, 0.3) is 0 Å². The molecule has 2 rings (SSSR count). The highest BCUT2D eigenvalue weighted by Gasteiger charge is 2.35. The molecule has 1 fully saturated rings. The number of nitrogens with zero attached hydrogens (tertiary/aromatic N) is 2. The maximum Gasteiger partial charge on any atom is 0.243 e. The van der Waals surface area contributed by atoms with Gasteiger partial charge in [-0.2, -0.15) is 5.26 Å². The molecule has 5 heteroatoms. The summed E-state index contributed by atoms with van der Waals surface area (Å²) in [5, 5.41) is 11.3. The Bertz CT molecular complexity index is 521. The number of imide groups is 1. The molecule has 0 aliphatic carbocycles. The van der Waals surface area contributed by atoms with E-state index in [1.54, 1.807) is 11.8 Å². The number of piperazine rings is 1. The van der Waals surface area contributed by atoms with Crippen molar-refractivity contribution < 1.29 is 9.59 Å². The first-order chi connectivity index (χ1) is 9.13. The zero-order valence-electron chi connectivity index (χ0n) is 10.7. The highest BCUT2D eigenvalue weighted by molar-refractivity contribution is 6.00. The summed E-state index contributed by atoms with van der Waals surface area (Å²) >= 11 is 0. The molecule has 2 atom stereocenters. The molecule has 1 heterocycles. The Balaban J connectivity index is 2.31. The summed E-state index contributed by atoms with van der Waals surface area (Å²) < 4.78 is 0. The van der Waals surface area contributed by atoms with Crippen LogP contribution in [0, 0.1) is 11.3 Å². The van der Waals surface area contributed by atoms with Gasteiger partial charge in [0.05, 0.1) is 25.1 Å². The Morgan fingerprint density at radius 2 is 2.11 bits per heavy atom. The lowest BCUT2D eigenvalue weighted by Crippen LogP contribution is -2.57. The van der Waals surface area contributed by atoms with E-state index in [9.17, 15) is 9.59 Å². The predicted octanol–water partition coefficient (Wildman–Crippen LogP) is 0.988. The van der Waals surface area contributed by atoms with Crippen LogP contribution in [0.3, 0.4) is 0 Å². The average molecular weight is 257 g/mol. The Morgan fingerprint density at radius 3 is 2.74 bits per heavy atom. The van der Waals surface area contributed by atoms with Gasteiger partial charge in [-0.25, -0.2) is 0 Å². The fraction of sp³-hybridized carbons (Fsp3) is 0.357. The summed E-state index contributed by atoms with van der Waals surface area (Å²) in [7, 11) is 0. The first kappa shape index (κ1) is 13.2. The lowest BCUT2D eigenvalue weighted by atomic mass is 9.99. The standard InChI is InChI=1S/C14H15N3O2/c1-10-14(19)16-13(18)9-17(10)12(7-8-15)11-5-3-2-4-6-11/h2-6,10,12H,7,9H2,1H3,(H,16,18,19). The highest BCUT2D eigenvalue weighted by Crippen LogP contribution is 2.27. The zero-order chi connectivity index (χ0) is 13.8. The number of amides is 2. The van der Waals surface area contributed by atoms with Crippen LogP contribution in [0.5, 0.6) is 0 Å². The van der Waals surface area contributed by atoms with Crippen molar-refractivity contribution in [3.8, 4) is 6.07 Å². The minimum Gasteiger partial charge on any atom is -0.294 e. The number of carbonyl (C=O) groups excluding carboxylic acids is 2. The van der Waals surface area contributed by atoms with Crippen LogP contribution >= 0.6 is 0 Å². The van der Waals surface area contributed by atoms with E-state index < -0.39 is 6.04 Å². The van der Waals surface area contributed by atoms with Crippen LogP contribution in [0.2, 0.25) is 0 Å². The van der Waals surface area contributed by atoms with E-state index in [-0.39, 0.29) is 30.8 Å². The quantitative estimate of drug-likeness (QED) is 0.819. The van der Waals surface area contributed by atoms with Crippen LogP contribution in [-0.2, 0) is 9.59 Å². The van der Waals surface area contributed by atoms with Gasteiger partial charge in [-0.1, -0.05) is 30.3 Å². The van der Waals surface area contributed by atoms with Gasteiger partial charge in [0.15, 0.2) is 0 Å². The van der Waals surface area contributed by atoms with Gasteiger partial charge in [-0.3, -0.25) is 19.8 Å². The van der Waals surface area contributed by atoms with E-state index in [0.717, 1.165) is 5.56 Å². The molecule has 2 amide bonds. The maximum atomic E-state index is 11.7. The molecule has 2 unspecified atom stereocenters. The molecule has 0 spiro atoms. The normalized spacial score (nSPS) is 21.6. The van der Waals surface area contributed by atoms with Crippen LogP contribution in [0.1, 0.15) is 24.9 Å². The Kier molecular flexibility index (Phi) is 3.93. The van der Waals surface area contributed by atoms with Crippen LogP contribution in [-0.4, -0.2) is 29.3 Å². The third-order valence-corrected chi connectivity index (χ3v) is 3.34. The molecule has 19 heavy (non-hydrogen) atoms. The van der Waals surface area contributed by atoms with E-state index in [4.69, 9.17) is 5.26 Å². The van der Waals surface area contributed by atoms with E-state index >= 15 is 0 Å². The fourth-order valence-electron chi connectivity index (χ4n) is 2.30. The number of hydrogen-bond donors (Lipinski definition) is 1. The predicted molar refractivity (Wildman–Crippen MR) is 68.7 cm³/mol. The van der Waals surface area contributed by atoms with Crippen molar-refractivity contribution in [2.75, 3.05) is 6.54 Å². The SMILES string of the molecule is CC1C(=O)NC(=O)CN1C(CC#N)c1ccccc1. The summed E-state index contributed by atoms with van der Waals surface area (Å²) in [4.78, 5) is 25.0. The summed E-state index contributed by atoms with van der Waals surface area (Å²) in [5.74, 6) is -0.628. The Labute approximate surface area is 111 Å². The lowest BCUT2D eigenvalue weighted by Gasteiger charge is -2.37. The number of benzene rings is 1. The Hall–Kier alpha value is -2.19. The lowest BCUT2D eigenvalue weighted by molar-refractivity contribution is -0.141. The average Bonchev–Trinajstić information content (AvgIpc) is 2.41. The van der Waals surface area contributed by atoms with Crippen molar-refractivity contribution in [3.63, 3.8) is 0 Å². The molecule has 1 aromatic rings. The number of hydrogen-bond acceptors (Lipinski definition) is 4. The third-order valence-electron chi connectivity index (χ3n) is 3.34. The second-order valence-electron chi connectivity index (χ2n) is 4.55. The van der Waals surface area contributed by atoms with Crippen molar-refractivity contribution in [1.29, 1.82) is 5.26 Å². The molecule has 1 aliphatic heterocycles. The minimum absolute atomic E-state index is 0.133. The fourth-order valence-corrected chi connectivity index (χ4v) is 2.30. The Morgan fingerprint density at radius 1 is 1.42 bits per heavy atom. The molecule has 0 saturated carbocycles. The number of nitriles is 1. The number of carbonyl (C=O) groups is 2. The molecule has 1 aromatic carbocycles. The summed E-state index contributed by atoms with van der Waals surface area (Å²) in [6, 6.07) is 10.9. The van der Waals surface area contributed by atoms with Gasteiger partial charge >= 0.3 is 0 Å². The van der Waals surface area contributed by atoms with E-state index in [2.05, 4.69) is 11.4 Å². The van der Waals surface area contributed by atoms with Crippen molar-refractivity contribution in [2.45, 2.75) is 25.4 Å². The van der Waals surface area contributed by atoms with Crippen LogP contribution in [0.15, 0.2) is 30.3 Å². The molecule has 98 valence electrons. The highest BCUT2D eigenvalue weighted by atomic mass is 16.2. The molecule has 1 saturated heterocycles. The van der Waals surface area contributed by atoms with Crippen LogP contribution in [0.4, 0.5) is 0 Å². The largest absolute Gasteiger partial charge is 0.294 e. The first-order valence-electron chi connectivity index (χ1n) is 6.15. The van der Waals surface area contributed by atoms with Gasteiger partial charge < -0.3 is 0 Å². The van der Waals surface area contributed by atoms with E-state index in [0.29, 0.717) is 0 Å². The van der Waals surface area contributed by atoms with Crippen molar-refractivity contribution in [1.82, 2.24) is 10.2 Å². The van der Waals surface area contributed by atoms with Crippen molar-refractivity contribution in [3.05, 3.63) is 35.9 Å². The molecule has 1 N–H and O–H groups in total. The second-order valence-corrected chi connectivity index (χ2v) is 4.55. The molecular weight excluding hydrogens is 242 g/mol. The molecule has 0 bridgehead atoms. The number of nitrogens with one attached hydrogen (secondary N) is 1. The molecule has 1 aliphatic rings. The van der Waals surface area contributed by atoms with Gasteiger partial charge in [-0.05, 0) is 12.5 Å². The van der Waals surface area contributed by atoms with Crippen LogP contribution < -0.4 is 5.32 Å². The van der Waals surface area contributed by atoms with Gasteiger partial charge in [0, 0.05) is 6.04 Å². The molecule has 5 nitrogen and oxygen atoms in total. The van der Waals surface area contributed by atoms with Gasteiger partial charge in [0.1, 0.15) is 0 Å². The summed E-state index contributed by atoms with van der Waals surface area (Å²) in [6.45, 7) is 1.88. The van der Waals surface area contributed by atoms with Gasteiger partial charge in [0.2, 0.25) is 11.8 Å². The zero-order valence-corrected chi connectivity index (χ0v) is 10.7. The summed E-state index contributed by atoms with van der Waals surface area (Å²) in [6.07, 6.45) is 0.245. The monoisotopic (exact) mass is 257 g/mol. The third kappa shape index (κ3) is 2.80. The van der Waals surface area contributed by atoms with E-state index in [1.807, 2.05) is 30.3 Å². The molecule has 0 radical (unpaired) electrons. The van der Waals surface area contributed by atoms with Crippen LogP contribution in [0.25, 0.3) is 0 Å². The van der Waals surface area contributed by atoms with Crippen molar-refractivity contribution >= 4 is 11.8 Å². The topological polar surface area (TPSA) is 73.2 Å². The summed E-state index contributed by atoms with van der Waals surface area (Å²) in [5.41, 5.74) is 0.943. The maximum absolute atomic E-state index is 11.7. The first-order valence-corrected chi connectivity index (χ1v) is 6.15. The molecule has 0 aromatic heterocycles. The number of rotatable bonds is 3. The van der Waals surface area contributed by atoms with Crippen molar-refractivity contribution in [2.24, 2.45) is 0 Å². The minimum atomic E-state index is -0.420. The second kappa shape index (κ2) is 5.63. The van der Waals surface area contributed by atoms with E-state index in [1.165, 1.54) is 0 Å².